The van der Waals surface area contributed by atoms with Crippen LogP contribution in [0.1, 0.15) is 17.7 Å². The molecule has 8 heteroatoms. The summed E-state index contributed by atoms with van der Waals surface area (Å²) < 4.78 is 49.7. The van der Waals surface area contributed by atoms with E-state index in [2.05, 4.69) is 5.32 Å². The highest BCUT2D eigenvalue weighted by molar-refractivity contribution is 7.89. The van der Waals surface area contributed by atoms with E-state index in [1.54, 1.807) is 5.38 Å². The van der Waals surface area contributed by atoms with Gasteiger partial charge in [0.05, 0.1) is 11.4 Å². The maximum Gasteiger partial charge on any atom is 0.252 e. The van der Waals surface area contributed by atoms with Crippen LogP contribution in [0.5, 0.6) is 0 Å². The van der Waals surface area contributed by atoms with E-state index in [-0.39, 0.29) is 4.90 Å². The minimum atomic E-state index is -3.83. The Hall–Kier alpha value is -0.570. The van der Waals surface area contributed by atoms with Crippen molar-refractivity contribution in [2.24, 2.45) is 0 Å². The molecule has 1 saturated carbocycles. The summed E-state index contributed by atoms with van der Waals surface area (Å²) >= 11 is 1.33. The van der Waals surface area contributed by atoms with Crippen molar-refractivity contribution in [3.05, 3.63) is 16.3 Å². The van der Waals surface area contributed by atoms with Crippen LogP contribution in [-0.4, -0.2) is 38.8 Å². The molecule has 1 aliphatic rings. The summed E-state index contributed by atoms with van der Waals surface area (Å²) in [6.07, 6.45) is -0.455. The van der Waals surface area contributed by atoms with Crippen LogP contribution in [0.2, 0.25) is 0 Å². The minimum Gasteiger partial charge on any atom is -0.309 e. The second-order valence-corrected chi connectivity index (χ2v) is 7.55. The van der Waals surface area contributed by atoms with Gasteiger partial charge in [0, 0.05) is 24.5 Å². The van der Waals surface area contributed by atoms with E-state index < -0.39 is 23.0 Å². The molecule has 2 rings (SSSR count). The van der Waals surface area contributed by atoms with Gasteiger partial charge in [-0.3, -0.25) is 0 Å². The SMILES string of the molecule is CN(CC(F)F)S(=O)(=O)c1ccsc1CNC1CC1. The van der Waals surface area contributed by atoms with Crippen LogP contribution in [0, 0.1) is 0 Å². The Morgan fingerprint density at radius 3 is 2.79 bits per heavy atom. The van der Waals surface area contributed by atoms with E-state index in [0.29, 0.717) is 21.8 Å². The van der Waals surface area contributed by atoms with Crippen molar-refractivity contribution in [2.45, 2.75) is 36.7 Å². The number of rotatable bonds is 7. The zero-order chi connectivity index (χ0) is 14.0. The summed E-state index contributed by atoms with van der Waals surface area (Å²) in [4.78, 5) is 0.807. The second-order valence-electron chi connectivity index (χ2n) is 4.54. The van der Waals surface area contributed by atoms with Gasteiger partial charge in [0.1, 0.15) is 0 Å². The zero-order valence-electron chi connectivity index (χ0n) is 10.5. The van der Waals surface area contributed by atoms with Crippen LogP contribution < -0.4 is 5.32 Å². The van der Waals surface area contributed by atoms with E-state index in [9.17, 15) is 17.2 Å². The summed E-state index contributed by atoms with van der Waals surface area (Å²) in [5.41, 5.74) is 0. The first-order valence-electron chi connectivity index (χ1n) is 5.95. The molecule has 4 nitrogen and oxygen atoms in total. The molecule has 0 amide bonds. The molecular formula is C11H16F2N2O2S2. The molecule has 0 saturated heterocycles. The number of nitrogens with zero attached hydrogens (tertiary/aromatic N) is 1. The molecule has 0 spiro atoms. The summed E-state index contributed by atoms with van der Waals surface area (Å²) in [5, 5.41) is 4.90. The average molecular weight is 310 g/mol. The smallest absolute Gasteiger partial charge is 0.252 e. The van der Waals surface area contributed by atoms with Gasteiger partial charge in [-0.2, -0.15) is 4.31 Å². The van der Waals surface area contributed by atoms with Gasteiger partial charge in [-0.05, 0) is 24.3 Å². The third kappa shape index (κ3) is 3.71. The Morgan fingerprint density at radius 2 is 2.21 bits per heavy atom. The predicted molar refractivity (Wildman–Crippen MR) is 70.0 cm³/mol. The van der Waals surface area contributed by atoms with Crippen molar-refractivity contribution in [1.82, 2.24) is 9.62 Å². The van der Waals surface area contributed by atoms with Gasteiger partial charge in [-0.1, -0.05) is 0 Å². The largest absolute Gasteiger partial charge is 0.309 e. The Bertz CT molecular complexity index is 527. The van der Waals surface area contributed by atoms with Crippen molar-refractivity contribution in [3.63, 3.8) is 0 Å². The summed E-state index contributed by atoms with van der Waals surface area (Å²) in [6, 6.07) is 1.95. The quantitative estimate of drug-likeness (QED) is 0.836. The van der Waals surface area contributed by atoms with Crippen LogP contribution in [0.25, 0.3) is 0 Å². The van der Waals surface area contributed by atoms with Crippen LogP contribution in [0.3, 0.4) is 0 Å². The van der Waals surface area contributed by atoms with Gasteiger partial charge in [0.25, 0.3) is 6.43 Å². The van der Waals surface area contributed by atoms with E-state index in [4.69, 9.17) is 0 Å². The Balaban J connectivity index is 2.12. The number of thiophene rings is 1. The number of hydrogen-bond donors (Lipinski definition) is 1. The van der Waals surface area contributed by atoms with E-state index in [1.165, 1.54) is 24.5 Å². The molecule has 1 aromatic rings. The molecule has 0 aliphatic heterocycles. The lowest BCUT2D eigenvalue weighted by molar-refractivity contribution is 0.126. The third-order valence-corrected chi connectivity index (χ3v) is 5.87. The van der Waals surface area contributed by atoms with Gasteiger partial charge in [0.15, 0.2) is 0 Å². The van der Waals surface area contributed by atoms with Gasteiger partial charge >= 0.3 is 0 Å². The molecule has 108 valence electrons. The van der Waals surface area contributed by atoms with E-state index >= 15 is 0 Å². The topological polar surface area (TPSA) is 49.4 Å². The first kappa shape index (κ1) is 14.8. The standard InChI is InChI=1S/C11H16F2N2O2S2/c1-15(7-11(12)13)19(16,17)10-4-5-18-9(10)6-14-8-2-3-8/h4-5,8,11,14H,2-3,6-7H2,1H3. The summed E-state index contributed by atoms with van der Waals surface area (Å²) in [5.74, 6) is 0. The fourth-order valence-electron chi connectivity index (χ4n) is 1.67. The molecule has 1 N–H and O–H groups in total. The highest BCUT2D eigenvalue weighted by Crippen LogP contribution is 2.26. The fourth-order valence-corrected chi connectivity index (χ4v) is 4.18. The first-order valence-corrected chi connectivity index (χ1v) is 8.27. The number of halogens is 2. The second kappa shape index (κ2) is 5.82. The van der Waals surface area contributed by atoms with Gasteiger partial charge in [0.2, 0.25) is 10.0 Å². The van der Waals surface area contributed by atoms with Crippen molar-refractivity contribution in [2.75, 3.05) is 13.6 Å². The highest BCUT2D eigenvalue weighted by Gasteiger charge is 2.28. The van der Waals surface area contributed by atoms with Gasteiger partial charge in [-0.25, -0.2) is 17.2 Å². The maximum atomic E-state index is 12.3. The summed E-state index contributed by atoms with van der Waals surface area (Å²) in [7, 11) is -2.65. The monoisotopic (exact) mass is 310 g/mol. The molecular weight excluding hydrogens is 294 g/mol. The fraction of sp³-hybridized carbons (Fsp3) is 0.636. The van der Waals surface area contributed by atoms with Crippen LogP contribution in [0.15, 0.2) is 16.3 Å². The lowest BCUT2D eigenvalue weighted by Crippen LogP contribution is -2.32. The lowest BCUT2D eigenvalue weighted by Gasteiger charge is -2.17. The van der Waals surface area contributed by atoms with Crippen molar-refractivity contribution >= 4 is 21.4 Å². The number of alkyl halides is 2. The number of nitrogens with one attached hydrogen (secondary N) is 1. The van der Waals surface area contributed by atoms with Gasteiger partial charge in [-0.15, -0.1) is 11.3 Å². The maximum absolute atomic E-state index is 12.3. The predicted octanol–water partition coefficient (Wildman–Crippen LogP) is 1.89. The van der Waals surface area contributed by atoms with E-state index in [0.717, 1.165) is 12.8 Å². The number of sulfonamides is 1. The van der Waals surface area contributed by atoms with Crippen molar-refractivity contribution < 1.29 is 17.2 Å². The van der Waals surface area contributed by atoms with Crippen LogP contribution in [-0.2, 0) is 16.6 Å². The molecule has 19 heavy (non-hydrogen) atoms. The molecule has 1 heterocycles. The number of hydrogen-bond acceptors (Lipinski definition) is 4. The molecule has 1 aromatic heterocycles. The minimum absolute atomic E-state index is 0.133. The molecule has 1 fully saturated rings. The highest BCUT2D eigenvalue weighted by atomic mass is 32.2. The van der Waals surface area contributed by atoms with Crippen LogP contribution >= 0.6 is 11.3 Å². The van der Waals surface area contributed by atoms with E-state index in [1.807, 2.05) is 0 Å². The average Bonchev–Trinajstić information content (AvgIpc) is 3.02. The molecule has 0 bridgehead atoms. The Morgan fingerprint density at radius 1 is 1.53 bits per heavy atom. The molecule has 0 radical (unpaired) electrons. The first-order chi connectivity index (χ1) is 8.91. The zero-order valence-corrected chi connectivity index (χ0v) is 12.1. The molecule has 0 aromatic carbocycles. The Kier molecular flexibility index (Phi) is 4.54. The van der Waals surface area contributed by atoms with Gasteiger partial charge < -0.3 is 5.32 Å². The molecule has 0 unspecified atom stereocenters. The third-order valence-electron chi connectivity index (χ3n) is 2.92. The summed E-state index contributed by atoms with van der Waals surface area (Å²) in [6.45, 7) is -0.312. The van der Waals surface area contributed by atoms with Crippen LogP contribution in [0.4, 0.5) is 8.78 Å². The van der Waals surface area contributed by atoms with Crippen molar-refractivity contribution in [3.8, 4) is 0 Å². The Labute approximate surface area is 115 Å². The normalized spacial score (nSPS) is 16.5. The lowest BCUT2D eigenvalue weighted by atomic mass is 10.4. The van der Waals surface area contributed by atoms with Crippen molar-refractivity contribution in [1.29, 1.82) is 0 Å². The molecule has 1 aliphatic carbocycles. The molecule has 0 atom stereocenters.